The second-order valence-electron chi connectivity index (χ2n) is 4.44. The molecule has 0 aromatic heterocycles. The Labute approximate surface area is 124 Å². The molecule has 0 radical (unpaired) electrons. The lowest BCUT2D eigenvalue weighted by Crippen LogP contribution is -1.98. The maximum Gasteiger partial charge on any atom is 0.339 e. The van der Waals surface area contributed by atoms with Gasteiger partial charge >= 0.3 is 5.97 Å². The number of esters is 1. The molecule has 0 saturated heterocycles. The van der Waals surface area contributed by atoms with Gasteiger partial charge in [-0.2, -0.15) is 0 Å². The summed E-state index contributed by atoms with van der Waals surface area (Å²) >= 11 is 3.36. The van der Waals surface area contributed by atoms with Gasteiger partial charge in [-0.25, -0.2) is 9.18 Å². The molecule has 2 aromatic carbocycles. The number of carbonyl (C=O) groups is 1. The minimum atomic E-state index is -0.341. The van der Waals surface area contributed by atoms with Gasteiger partial charge in [0.1, 0.15) is 12.4 Å². The average Bonchev–Trinajstić information content (AvgIpc) is 2.83. The highest BCUT2D eigenvalue weighted by atomic mass is 79.9. The molecule has 2 nitrogen and oxygen atoms in total. The summed E-state index contributed by atoms with van der Waals surface area (Å²) in [5.74, 6) is -0.642. The fraction of sp³-hybridized carbons (Fsp3) is 0.0625. The second-order valence-corrected chi connectivity index (χ2v) is 5.36. The first-order chi connectivity index (χ1) is 9.65. The Morgan fingerprint density at radius 1 is 0.950 bits per heavy atom. The fourth-order valence-electron chi connectivity index (χ4n) is 2.19. The van der Waals surface area contributed by atoms with Gasteiger partial charge in [-0.05, 0) is 35.4 Å². The average molecular weight is 333 g/mol. The van der Waals surface area contributed by atoms with Crippen LogP contribution in [-0.4, -0.2) is 12.6 Å². The third-order valence-electron chi connectivity index (χ3n) is 3.18. The van der Waals surface area contributed by atoms with Crippen molar-refractivity contribution in [1.29, 1.82) is 0 Å². The highest BCUT2D eigenvalue weighted by molar-refractivity contribution is 9.10. The van der Waals surface area contributed by atoms with Gasteiger partial charge in [-0.15, -0.1) is 0 Å². The number of cyclic esters (lactones) is 1. The summed E-state index contributed by atoms with van der Waals surface area (Å²) in [6.07, 6.45) is 0. The van der Waals surface area contributed by atoms with Gasteiger partial charge in [-0.1, -0.05) is 40.2 Å². The molecule has 3 rings (SSSR count). The zero-order chi connectivity index (χ0) is 14.1. The topological polar surface area (TPSA) is 26.3 Å². The Balaban J connectivity index is 2.12. The van der Waals surface area contributed by atoms with Crippen molar-refractivity contribution in [3.63, 3.8) is 0 Å². The second kappa shape index (κ2) is 5.21. The third-order valence-corrected chi connectivity index (χ3v) is 3.71. The van der Waals surface area contributed by atoms with Gasteiger partial charge in [0, 0.05) is 10.0 Å². The van der Waals surface area contributed by atoms with Crippen LogP contribution >= 0.6 is 15.9 Å². The van der Waals surface area contributed by atoms with Crippen molar-refractivity contribution in [3.05, 3.63) is 69.9 Å². The van der Waals surface area contributed by atoms with Crippen LogP contribution in [0.3, 0.4) is 0 Å². The molecule has 1 aliphatic rings. The van der Waals surface area contributed by atoms with E-state index < -0.39 is 0 Å². The summed E-state index contributed by atoms with van der Waals surface area (Å²) in [6, 6.07) is 13.5. The SMILES string of the molecule is O=C1OCC(c2ccc(F)cc2)=C1c1ccc(Br)cc1. The Kier molecular flexibility index (Phi) is 3.40. The summed E-state index contributed by atoms with van der Waals surface area (Å²) in [6.45, 7) is 0.218. The first-order valence-corrected chi connectivity index (χ1v) is 6.86. The lowest BCUT2D eigenvalue weighted by atomic mass is 9.97. The van der Waals surface area contributed by atoms with Crippen LogP contribution in [0, 0.1) is 5.82 Å². The quantitative estimate of drug-likeness (QED) is 0.775. The molecule has 0 fully saturated rings. The molecular formula is C16H10BrFO2. The van der Waals surface area contributed by atoms with Crippen molar-refractivity contribution in [3.8, 4) is 0 Å². The first kappa shape index (κ1) is 13.1. The molecule has 0 unspecified atom stereocenters. The highest BCUT2D eigenvalue weighted by Gasteiger charge is 2.27. The Morgan fingerprint density at radius 3 is 2.20 bits per heavy atom. The number of carbonyl (C=O) groups excluding carboxylic acids is 1. The van der Waals surface area contributed by atoms with Crippen molar-refractivity contribution in [2.45, 2.75) is 0 Å². The number of hydrogen-bond donors (Lipinski definition) is 0. The molecule has 4 heteroatoms. The number of halogens is 2. The Hall–Kier alpha value is -1.94. The van der Waals surface area contributed by atoms with Crippen LogP contribution < -0.4 is 0 Å². The van der Waals surface area contributed by atoms with E-state index in [9.17, 15) is 9.18 Å². The van der Waals surface area contributed by atoms with E-state index in [1.54, 1.807) is 12.1 Å². The number of rotatable bonds is 2. The van der Waals surface area contributed by atoms with Crippen LogP contribution in [0.15, 0.2) is 53.0 Å². The first-order valence-electron chi connectivity index (χ1n) is 6.07. The molecule has 0 N–H and O–H groups in total. The largest absolute Gasteiger partial charge is 0.457 e. The summed E-state index contributed by atoms with van der Waals surface area (Å²) in [5, 5.41) is 0. The third kappa shape index (κ3) is 2.39. The molecule has 0 saturated carbocycles. The van der Waals surface area contributed by atoms with E-state index in [-0.39, 0.29) is 18.4 Å². The molecule has 0 bridgehead atoms. The minimum Gasteiger partial charge on any atom is -0.457 e. The number of benzene rings is 2. The lowest BCUT2D eigenvalue weighted by molar-refractivity contribution is -0.133. The van der Waals surface area contributed by atoms with E-state index in [0.717, 1.165) is 21.2 Å². The van der Waals surface area contributed by atoms with Crippen molar-refractivity contribution < 1.29 is 13.9 Å². The lowest BCUT2D eigenvalue weighted by Gasteiger charge is -2.04. The highest BCUT2D eigenvalue weighted by Crippen LogP contribution is 2.33. The zero-order valence-electron chi connectivity index (χ0n) is 10.4. The molecule has 100 valence electrons. The van der Waals surface area contributed by atoms with E-state index in [4.69, 9.17) is 4.74 Å². The number of ether oxygens (including phenoxy) is 1. The van der Waals surface area contributed by atoms with Crippen LogP contribution in [0.2, 0.25) is 0 Å². The summed E-state index contributed by atoms with van der Waals surface area (Å²) in [7, 11) is 0. The minimum absolute atomic E-state index is 0.218. The molecule has 0 amide bonds. The molecule has 1 heterocycles. The molecule has 2 aromatic rings. The van der Waals surface area contributed by atoms with Crippen LogP contribution in [0.5, 0.6) is 0 Å². The predicted octanol–water partition coefficient (Wildman–Crippen LogP) is 4.06. The van der Waals surface area contributed by atoms with Gasteiger partial charge < -0.3 is 4.74 Å². The Bertz CT molecular complexity index is 687. The van der Waals surface area contributed by atoms with Gasteiger partial charge in [0.15, 0.2) is 0 Å². The molecule has 0 aliphatic carbocycles. The summed E-state index contributed by atoms with van der Waals surface area (Å²) < 4.78 is 19.1. The Morgan fingerprint density at radius 2 is 1.55 bits per heavy atom. The molecule has 0 atom stereocenters. The smallest absolute Gasteiger partial charge is 0.339 e. The van der Waals surface area contributed by atoms with E-state index in [2.05, 4.69) is 15.9 Å². The molecule has 1 aliphatic heterocycles. The van der Waals surface area contributed by atoms with E-state index in [1.807, 2.05) is 24.3 Å². The molecule has 20 heavy (non-hydrogen) atoms. The fourth-order valence-corrected chi connectivity index (χ4v) is 2.46. The van der Waals surface area contributed by atoms with Crippen LogP contribution in [0.4, 0.5) is 4.39 Å². The standard InChI is InChI=1S/C16H10BrFO2/c17-12-5-1-11(2-6-12)15-14(9-20-16(15)19)10-3-7-13(18)8-4-10/h1-8H,9H2. The van der Waals surface area contributed by atoms with Gasteiger partial charge in [0.2, 0.25) is 0 Å². The number of hydrogen-bond acceptors (Lipinski definition) is 2. The van der Waals surface area contributed by atoms with Crippen molar-refractivity contribution in [2.24, 2.45) is 0 Å². The van der Waals surface area contributed by atoms with E-state index in [0.29, 0.717) is 5.57 Å². The van der Waals surface area contributed by atoms with E-state index in [1.165, 1.54) is 12.1 Å². The maximum absolute atomic E-state index is 13.0. The van der Waals surface area contributed by atoms with E-state index >= 15 is 0 Å². The van der Waals surface area contributed by atoms with Gasteiger partial charge in [0.05, 0.1) is 5.57 Å². The normalized spacial score (nSPS) is 14.6. The van der Waals surface area contributed by atoms with Gasteiger partial charge in [-0.3, -0.25) is 0 Å². The van der Waals surface area contributed by atoms with Crippen molar-refractivity contribution in [1.82, 2.24) is 0 Å². The molecular weight excluding hydrogens is 323 g/mol. The monoisotopic (exact) mass is 332 g/mol. The summed E-state index contributed by atoms with van der Waals surface area (Å²) in [5.41, 5.74) is 2.94. The van der Waals surface area contributed by atoms with Gasteiger partial charge in [0.25, 0.3) is 0 Å². The summed E-state index contributed by atoms with van der Waals surface area (Å²) in [4.78, 5) is 11.9. The zero-order valence-corrected chi connectivity index (χ0v) is 12.0. The maximum atomic E-state index is 13.0. The van der Waals surface area contributed by atoms with Crippen LogP contribution in [0.25, 0.3) is 11.1 Å². The van der Waals surface area contributed by atoms with Crippen LogP contribution in [0.1, 0.15) is 11.1 Å². The predicted molar refractivity (Wildman–Crippen MR) is 78.3 cm³/mol. The van der Waals surface area contributed by atoms with Crippen molar-refractivity contribution in [2.75, 3.05) is 6.61 Å². The van der Waals surface area contributed by atoms with Crippen molar-refractivity contribution >= 4 is 33.0 Å². The van der Waals surface area contributed by atoms with Crippen LogP contribution in [-0.2, 0) is 9.53 Å². The molecule has 0 spiro atoms.